The molecule has 1 heterocycles. The molecule has 4 heteroatoms. The van der Waals surface area contributed by atoms with E-state index in [-0.39, 0.29) is 5.54 Å². The Morgan fingerprint density at radius 2 is 1.74 bits per heavy atom. The molecule has 2 rings (SSSR count). The van der Waals surface area contributed by atoms with Crippen LogP contribution in [0.3, 0.4) is 0 Å². The normalized spacial score (nSPS) is 21.2. The lowest BCUT2D eigenvalue weighted by atomic mass is 9.90. The molecule has 0 amide bonds. The molecule has 0 spiro atoms. The highest BCUT2D eigenvalue weighted by molar-refractivity contribution is 5.27. The van der Waals surface area contributed by atoms with Crippen LogP contribution in [-0.2, 0) is 6.42 Å². The van der Waals surface area contributed by atoms with Gasteiger partial charge < -0.3 is 15.7 Å². The highest BCUT2D eigenvalue weighted by atomic mass is 16.3. The minimum Gasteiger partial charge on any atom is -0.508 e. The topological polar surface area (TPSA) is 52.7 Å². The van der Waals surface area contributed by atoms with Crippen LogP contribution < -0.4 is 5.73 Å². The van der Waals surface area contributed by atoms with Crippen LogP contribution in [0.5, 0.6) is 5.75 Å². The molecule has 0 aromatic heterocycles. The molecule has 0 bridgehead atoms. The number of phenolic OH excluding ortho intramolecular Hbond substituents is 1. The first kappa shape index (κ1) is 14.3. The second kappa shape index (κ2) is 5.90. The van der Waals surface area contributed by atoms with Crippen molar-refractivity contribution in [2.45, 2.75) is 18.9 Å². The highest BCUT2D eigenvalue weighted by Crippen LogP contribution is 2.22. The minimum atomic E-state index is -0.00175. The van der Waals surface area contributed by atoms with E-state index in [1.807, 2.05) is 12.1 Å². The monoisotopic (exact) mass is 263 g/mol. The first-order valence-corrected chi connectivity index (χ1v) is 6.95. The van der Waals surface area contributed by atoms with Gasteiger partial charge in [0.2, 0.25) is 0 Å². The van der Waals surface area contributed by atoms with Crippen molar-refractivity contribution < 1.29 is 5.11 Å². The van der Waals surface area contributed by atoms with Crippen molar-refractivity contribution in [3.63, 3.8) is 0 Å². The molecule has 1 aliphatic rings. The summed E-state index contributed by atoms with van der Waals surface area (Å²) in [7, 11) is 2.16. The highest BCUT2D eigenvalue weighted by Gasteiger charge is 2.32. The Labute approximate surface area is 115 Å². The predicted molar refractivity (Wildman–Crippen MR) is 78.3 cm³/mol. The van der Waals surface area contributed by atoms with Crippen molar-refractivity contribution in [2.24, 2.45) is 5.73 Å². The smallest absolute Gasteiger partial charge is 0.115 e. The Hall–Kier alpha value is -1.10. The number of benzene rings is 1. The second-order valence-corrected chi connectivity index (χ2v) is 5.83. The molecule has 1 aromatic carbocycles. The maximum atomic E-state index is 9.35. The number of nitrogens with two attached hydrogens (primary N) is 1. The molecular formula is C15H25N3O. The maximum absolute atomic E-state index is 9.35. The molecule has 1 aromatic rings. The summed E-state index contributed by atoms with van der Waals surface area (Å²) >= 11 is 0. The summed E-state index contributed by atoms with van der Waals surface area (Å²) in [6.07, 6.45) is 0.924. The Balaban J connectivity index is 2.06. The molecule has 106 valence electrons. The van der Waals surface area contributed by atoms with Gasteiger partial charge in [-0.3, -0.25) is 4.90 Å². The Morgan fingerprint density at radius 1 is 1.16 bits per heavy atom. The van der Waals surface area contributed by atoms with Crippen molar-refractivity contribution >= 4 is 0 Å². The number of nitrogens with zero attached hydrogens (tertiary/aromatic N) is 2. The van der Waals surface area contributed by atoms with Crippen LogP contribution in [0.25, 0.3) is 0 Å². The number of hydrogen-bond donors (Lipinski definition) is 2. The third-order valence-electron chi connectivity index (χ3n) is 4.23. The summed E-state index contributed by atoms with van der Waals surface area (Å²) in [4.78, 5) is 4.86. The molecule has 4 nitrogen and oxygen atoms in total. The van der Waals surface area contributed by atoms with Crippen LogP contribution in [0, 0.1) is 0 Å². The van der Waals surface area contributed by atoms with E-state index in [1.54, 1.807) is 12.1 Å². The van der Waals surface area contributed by atoms with Gasteiger partial charge >= 0.3 is 0 Å². The Morgan fingerprint density at radius 3 is 2.26 bits per heavy atom. The molecule has 1 fully saturated rings. The van der Waals surface area contributed by atoms with E-state index in [2.05, 4.69) is 23.8 Å². The van der Waals surface area contributed by atoms with E-state index >= 15 is 0 Å². The first-order chi connectivity index (χ1) is 9.03. The molecule has 3 N–H and O–H groups in total. The van der Waals surface area contributed by atoms with E-state index < -0.39 is 0 Å². The zero-order chi connectivity index (χ0) is 13.9. The van der Waals surface area contributed by atoms with Crippen molar-refractivity contribution in [1.29, 1.82) is 0 Å². The maximum Gasteiger partial charge on any atom is 0.115 e. The van der Waals surface area contributed by atoms with Gasteiger partial charge in [0, 0.05) is 38.3 Å². The number of hydrogen-bond acceptors (Lipinski definition) is 4. The molecule has 1 unspecified atom stereocenters. The summed E-state index contributed by atoms with van der Waals surface area (Å²) in [5, 5.41) is 9.35. The summed E-state index contributed by atoms with van der Waals surface area (Å²) in [5.74, 6) is 0.317. The van der Waals surface area contributed by atoms with Crippen molar-refractivity contribution in [3.8, 4) is 5.75 Å². The number of piperazine rings is 1. The van der Waals surface area contributed by atoms with E-state index in [0.29, 0.717) is 12.3 Å². The van der Waals surface area contributed by atoms with Gasteiger partial charge in [0.05, 0.1) is 0 Å². The molecule has 1 saturated heterocycles. The second-order valence-electron chi connectivity index (χ2n) is 5.83. The molecule has 1 atom stereocenters. The van der Waals surface area contributed by atoms with E-state index in [1.165, 1.54) is 5.56 Å². The minimum absolute atomic E-state index is 0.00175. The summed E-state index contributed by atoms with van der Waals surface area (Å²) < 4.78 is 0. The van der Waals surface area contributed by atoms with Crippen molar-refractivity contribution in [2.75, 3.05) is 39.8 Å². The number of rotatable bonds is 4. The van der Waals surface area contributed by atoms with E-state index in [0.717, 1.165) is 32.6 Å². The van der Waals surface area contributed by atoms with Gasteiger partial charge in [0.1, 0.15) is 5.75 Å². The largest absolute Gasteiger partial charge is 0.508 e. The molecule has 0 saturated carbocycles. The van der Waals surface area contributed by atoms with Crippen LogP contribution in [0.15, 0.2) is 24.3 Å². The van der Waals surface area contributed by atoms with Gasteiger partial charge in [-0.25, -0.2) is 0 Å². The van der Waals surface area contributed by atoms with Crippen molar-refractivity contribution in [3.05, 3.63) is 29.8 Å². The third-order valence-corrected chi connectivity index (χ3v) is 4.23. The first-order valence-electron chi connectivity index (χ1n) is 6.95. The average molecular weight is 263 g/mol. The summed E-state index contributed by atoms with van der Waals surface area (Å²) in [5.41, 5.74) is 7.27. The molecule has 0 aliphatic carbocycles. The van der Waals surface area contributed by atoms with Crippen LogP contribution >= 0.6 is 0 Å². The SMILES string of the molecule is CN1CCN(C(C)(CN)Cc2ccc(O)cc2)CC1. The quantitative estimate of drug-likeness (QED) is 0.847. The number of phenols is 1. The molecular weight excluding hydrogens is 238 g/mol. The predicted octanol–water partition coefficient (Wildman–Crippen LogP) is 0.900. The van der Waals surface area contributed by atoms with Crippen LogP contribution in [0.1, 0.15) is 12.5 Å². The van der Waals surface area contributed by atoms with Crippen LogP contribution in [0.2, 0.25) is 0 Å². The number of likely N-dealkylation sites (N-methyl/N-ethyl adjacent to an activating group) is 1. The fourth-order valence-corrected chi connectivity index (χ4v) is 2.71. The summed E-state index contributed by atoms with van der Waals surface area (Å²) in [6.45, 7) is 7.24. The molecule has 19 heavy (non-hydrogen) atoms. The fourth-order valence-electron chi connectivity index (χ4n) is 2.71. The molecule has 1 aliphatic heterocycles. The van der Waals surface area contributed by atoms with E-state index in [9.17, 15) is 5.11 Å². The number of aromatic hydroxyl groups is 1. The van der Waals surface area contributed by atoms with Gasteiger partial charge in [-0.2, -0.15) is 0 Å². The van der Waals surface area contributed by atoms with Crippen LogP contribution in [0.4, 0.5) is 0 Å². The van der Waals surface area contributed by atoms with Crippen molar-refractivity contribution in [1.82, 2.24) is 9.80 Å². The Kier molecular flexibility index (Phi) is 4.45. The third kappa shape index (κ3) is 3.47. The van der Waals surface area contributed by atoms with Gasteiger partial charge in [-0.15, -0.1) is 0 Å². The zero-order valence-corrected chi connectivity index (χ0v) is 12.0. The zero-order valence-electron chi connectivity index (χ0n) is 12.0. The van der Waals surface area contributed by atoms with E-state index in [4.69, 9.17) is 5.73 Å². The van der Waals surface area contributed by atoms with Gasteiger partial charge in [0.25, 0.3) is 0 Å². The van der Waals surface area contributed by atoms with Gasteiger partial charge in [0.15, 0.2) is 0 Å². The summed E-state index contributed by atoms with van der Waals surface area (Å²) in [6, 6.07) is 7.46. The Bertz CT molecular complexity index is 398. The van der Waals surface area contributed by atoms with Crippen LogP contribution in [-0.4, -0.2) is 60.2 Å². The standard InChI is InChI=1S/C15H25N3O/c1-15(12-16,18-9-7-17(2)8-10-18)11-13-3-5-14(19)6-4-13/h3-6,19H,7-12,16H2,1-2H3. The van der Waals surface area contributed by atoms with Gasteiger partial charge in [-0.1, -0.05) is 12.1 Å². The average Bonchev–Trinajstić information content (AvgIpc) is 2.42. The fraction of sp³-hybridized carbons (Fsp3) is 0.600. The lowest BCUT2D eigenvalue weighted by Gasteiger charge is -2.45. The lowest BCUT2D eigenvalue weighted by Crippen LogP contribution is -2.59. The molecule has 0 radical (unpaired) electrons. The van der Waals surface area contributed by atoms with Gasteiger partial charge in [-0.05, 0) is 38.1 Å². The lowest BCUT2D eigenvalue weighted by molar-refractivity contribution is 0.0559.